The largest absolute Gasteiger partial charge is 0.456 e. The fourth-order valence-corrected chi connectivity index (χ4v) is 5.99. The van der Waals surface area contributed by atoms with Gasteiger partial charge in [-0.1, -0.05) is 84.4 Å². The Kier molecular flexibility index (Phi) is 3.82. The van der Waals surface area contributed by atoms with Gasteiger partial charge in [0.1, 0.15) is 11.5 Å². The van der Waals surface area contributed by atoms with Crippen LogP contribution in [0.3, 0.4) is 0 Å². The zero-order chi connectivity index (χ0) is 22.3. The maximum absolute atomic E-state index is 6.30. The summed E-state index contributed by atoms with van der Waals surface area (Å²) in [7, 11) is 0. The van der Waals surface area contributed by atoms with E-state index < -0.39 is 0 Å². The van der Waals surface area contributed by atoms with Crippen molar-refractivity contribution in [2.45, 2.75) is 19.3 Å². The minimum Gasteiger partial charge on any atom is -0.456 e. The summed E-state index contributed by atoms with van der Waals surface area (Å²) in [4.78, 5) is 0. The lowest BCUT2D eigenvalue weighted by atomic mass is 9.81. The number of fused-ring (bicyclic) bond motifs is 5. The molecule has 1 nitrogen and oxygen atoms in total. The number of hydrogen-bond donors (Lipinski definition) is 0. The molecule has 2 heteroatoms. The Labute approximate surface area is 201 Å². The summed E-state index contributed by atoms with van der Waals surface area (Å²) in [5.41, 5.74) is 10.3. The highest BCUT2D eigenvalue weighted by Gasteiger charge is 2.35. The van der Waals surface area contributed by atoms with E-state index in [4.69, 9.17) is 4.74 Å². The predicted octanol–water partition coefficient (Wildman–Crippen LogP) is 9.35. The summed E-state index contributed by atoms with van der Waals surface area (Å²) in [6.45, 7) is 4.65. The number of halogens is 1. The van der Waals surface area contributed by atoms with Crippen molar-refractivity contribution in [3.05, 3.63) is 107 Å². The summed E-state index contributed by atoms with van der Waals surface area (Å²) in [6.07, 6.45) is 0. The first-order valence-electron chi connectivity index (χ1n) is 11.3. The lowest BCUT2D eigenvalue weighted by Crippen LogP contribution is -2.15. The molecule has 0 aromatic heterocycles. The molecule has 5 aromatic carbocycles. The third-order valence-electron chi connectivity index (χ3n) is 7.33. The highest BCUT2D eigenvalue weighted by molar-refractivity contribution is 9.10. The van der Waals surface area contributed by atoms with Crippen LogP contribution in [0.4, 0.5) is 0 Å². The van der Waals surface area contributed by atoms with Crippen molar-refractivity contribution >= 4 is 26.7 Å². The van der Waals surface area contributed by atoms with Crippen molar-refractivity contribution in [2.75, 3.05) is 0 Å². The van der Waals surface area contributed by atoms with E-state index in [-0.39, 0.29) is 5.41 Å². The Balaban J connectivity index is 1.39. The normalized spacial score (nSPS) is 14.4. The van der Waals surface area contributed by atoms with Gasteiger partial charge in [-0.2, -0.15) is 0 Å². The monoisotopic (exact) mass is 488 g/mol. The highest BCUT2D eigenvalue weighted by atomic mass is 79.9. The summed E-state index contributed by atoms with van der Waals surface area (Å²) in [5.74, 6) is 1.86. The Bertz CT molecular complexity index is 1620. The molecule has 0 N–H and O–H groups in total. The lowest BCUT2D eigenvalue weighted by Gasteiger charge is -2.23. The van der Waals surface area contributed by atoms with Crippen LogP contribution in [0.15, 0.2) is 95.5 Å². The van der Waals surface area contributed by atoms with E-state index in [1.807, 2.05) is 0 Å². The molecule has 5 aromatic rings. The van der Waals surface area contributed by atoms with Gasteiger partial charge in [0.15, 0.2) is 0 Å². The SMILES string of the molecule is CC1(C)c2cc(Br)ccc2-c2ccc(-c3ccc4c(c3)-c3cccc5cccc(c35)O4)cc21. The van der Waals surface area contributed by atoms with E-state index in [0.717, 1.165) is 21.5 Å². The molecule has 1 aliphatic carbocycles. The van der Waals surface area contributed by atoms with E-state index in [2.05, 4.69) is 121 Å². The van der Waals surface area contributed by atoms with E-state index >= 15 is 0 Å². The maximum Gasteiger partial charge on any atom is 0.135 e. The maximum atomic E-state index is 6.30. The fraction of sp³-hybridized carbons (Fsp3) is 0.0968. The molecule has 0 unspecified atom stereocenters. The first kappa shape index (κ1) is 19.1. The predicted molar refractivity (Wildman–Crippen MR) is 140 cm³/mol. The molecule has 0 amide bonds. The fourth-order valence-electron chi connectivity index (χ4n) is 5.63. The van der Waals surface area contributed by atoms with E-state index in [1.165, 1.54) is 49.7 Å². The van der Waals surface area contributed by atoms with Crippen LogP contribution in [0.25, 0.3) is 44.2 Å². The van der Waals surface area contributed by atoms with Crippen LogP contribution in [-0.2, 0) is 5.41 Å². The topological polar surface area (TPSA) is 9.23 Å². The van der Waals surface area contributed by atoms with Gasteiger partial charge in [-0.25, -0.2) is 0 Å². The molecule has 0 radical (unpaired) electrons. The third kappa shape index (κ3) is 2.65. The molecular formula is C31H21BrO. The molecule has 0 saturated heterocycles. The second-order valence-electron chi connectivity index (χ2n) is 9.55. The van der Waals surface area contributed by atoms with Gasteiger partial charge in [0.2, 0.25) is 0 Å². The van der Waals surface area contributed by atoms with Crippen LogP contribution in [0, 0.1) is 0 Å². The lowest BCUT2D eigenvalue weighted by molar-refractivity contribution is 0.487. The number of hydrogen-bond acceptors (Lipinski definition) is 1. The standard InChI is InChI=1S/C31H21BrO/c1-31(2)26-16-20(9-12-22(26)23-13-11-21(32)17-27(23)31)19-10-14-28-25(15-19)24-7-3-5-18-6-4-8-29(33-28)30(18)24/h3-17H,1-2H3. The quantitative estimate of drug-likeness (QED) is 0.224. The van der Waals surface area contributed by atoms with Crippen LogP contribution < -0.4 is 4.74 Å². The van der Waals surface area contributed by atoms with Gasteiger partial charge in [0, 0.05) is 20.8 Å². The van der Waals surface area contributed by atoms with E-state index in [9.17, 15) is 0 Å². The van der Waals surface area contributed by atoms with E-state index in [0.29, 0.717) is 0 Å². The van der Waals surface area contributed by atoms with Crippen molar-refractivity contribution in [1.29, 1.82) is 0 Å². The van der Waals surface area contributed by atoms with Gasteiger partial charge in [0.25, 0.3) is 0 Å². The van der Waals surface area contributed by atoms with Crippen LogP contribution in [-0.4, -0.2) is 0 Å². The number of benzene rings is 5. The first-order chi connectivity index (χ1) is 16.0. The molecule has 33 heavy (non-hydrogen) atoms. The molecule has 0 atom stereocenters. The summed E-state index contributed by atoms with van der Waals surface area (Å²) in [6, 6.07) is 32.9. The Hall–Kier alpha value is -3.36. The zero-order valence-corrected chi connectivity index (χ0v) is 20.0. The number of rotatable bonds is 1. The molecule has 0 saturated carbocycles. The average Bonchev–Trinajstić information content (AvgIpc) is 3.05. The van der Waals surface area contributed by atoms with Gasteiger partial charge >= 0.3 is 0 Å². The van der Waals surface area contributed by atoms with E-state index in [1.54, 1.807) is 0 Å². The van der Waals surface area contributed by atoms with Crippen molar-refractivity contribution in [3.8, 4) is 44.9 Å². The van der Waals surface area contributed by atoms with Crippen molar-refractivity contribution in [1.82, 2.24) is 0 Å². The molecule has 1 aliphatic heterocycles. The Morgan fingerprint density at radius 1 is 0.606 bits per heavy atom. The van der Waals surface area contributed by atoms with Gasteiger partial charge in [-0.05, 0) is 80.7 Å². The smallest absolute Gasteiger partial charge is 0.135 e. The average molecular weight is 489 g/mol. The summed E-state index contributed by atoms with van der Waals surface area (Å²) in [5, 5.41) is 2.41. The molecule has 0 spiro atoms. The van der Waals surface area contributed by atoms with Gasteiger partial charge < -0.3 is 4.74 Å². The molecule has 7 rings (SSSR count). The van der Waals surface area contributed by atoms with Crippen molar-refractivity contribution in [2.24, 2.45) is 0 Å². The van der Waals surface area contributed by atoms with Crippen LogP contribution in [0.1, 0.15) is 25.0 Å². The van der Waals surface area contributed by atoms with Gasteiger partial charge in [0.05, 0.1) is 0 Å². The molecule has 158 valence electrons. The molecule has 0 bridgehead atoms. The summed E-state index contributed by atoms with van der Waals surface area (Å²) >= 11 is 3.66. The van der Waals surface area contributed by atoms with Crippen LogP contribution in [0.2, 0.25) is 0 Å². The van der Waals surface area contributed by atoms with Gasteiger partial charge in [-0.3, -0.25) is 0 Å². The number of ether oxygens (including phenoxy) is 1. The summed E-state index contributed by atoms with van der Waals surface area (Å²) < 4.78 is 7.43. The minimum atomic E-state index is -0.0354. The van der Waals surface area contributed by atoms with Crippen molar-refractivity contribution < 1.29 is 4.74 Å². The zero-order valence-electron chi connectivity index (χ0n) is 18.4. The third-order valence-corrected chi connectivity index (χ3v) is 7.82. The van der Waals surface area contributed by atoms with Crippen LogP contribution in [0.5, 0.6) is 11.5 Å². The molecule has 2 aliphatic rings. The molecular weight excluding hydrogens is 468 g/mol. The van der Waals surface area contributed by atoms with Crippen molar-refractivity contribution in [3.63, 3.8) is 0 Å². The molecule has 0 fully saturated rings. The minimum absolute atomic E-state index is 0.0354. The first-order valence-corrected chi connectivity index (χ1v) is 12.1. The Morgan fingerprint density at radius 2 is 1.30 bits per heavy atom. The van der Waals surface area contributed by atoms with Gasteiger partial charge in [-0.15, -0.1) is 0 Å². The second kappa shape index (κ2) is 6.59. The Morgan fingerprint density at radius 3 is 2.15 bits per heavy atom. The molecule has 1 heterocycles. The van der Waals surface area contributed by atoms with Crippen LogP contribution >= 0.6 is 15.9 Å². The highest BCUT2D eigenvalue weighted by Crippen LogP contribution is 2.51. The second-order valence-corrected chi connectivity index (χ2v) is 10.5.